The maximum Gasteiger partial charge on any atom is 0.0943 e. The molecule has 1 aliphatic heterocycles. The number of halogens is 1. The summed E-state index contributed by atoms with van der Waals surface area (Å²) in [7, 11) is -5.91. The lowest BCUT2D eigenvalue weighted by atomic mass is 10.2. The molecule has 2 aromatic rings. The van der Waals surface area contributed by atoms with Gasteiger partial charge in [-0.3, -0.25) is 0 Å². The van der Waals surface area contributed by atoms with Gasteiger partial charge in [0, 0.05) is 0 Å². The van der Waals surface area contributed by atoms with Gasteiger partial charge in [0.2, 0.25) is 0 Å². The first-order chi connectivity index (χ1) is 11.4. The first-order valence-corrected chi connectivity index (χ1v) is 11.5. The smallest absolute Gasteiger partial charge is 0.0943 e. The van der Waals surface area contributed by atoms with Gasteiger partial charge in [0.1, 0.15) is 0 Å². The van der Waals surface area contributed by atoms with Gasteiger partial charge < -0.3 is 0 Å². The molecule has 24 heavy (non-hydrogen) atoms. The summed E-state index contributed by atoms with van der Waals surface area (Å²) in [5, 5.41) is 1.65. The van der Waals surface area contributed by atoms with E-state index >= 15 is 0 Å². The van der Waals surface area contributed by atoms with E-state index in [1.54, 1.807) is 5.30 Å². The molecule has 1 heterocycles. The molecule has 0 unspecified atom stereocenters. The third-order valence-electron chi connectivity index (χ3n) is 4.30. The fourth-order valence-corrected chi connectivity index (χ4v) is 7.91. The number of hydrogen-bond acceptors (Lipinski definition) is 4. The van der Waals surface area contributed by atoms with Crippen molar-refractivity contribution in [2.45, 2.75) is 25.4 Å². The molecule has 4 nitrogen and oxygen atoms in total. The zero-order valence-electron chi connectivity index (χ0n) is 13.5. The standard InChI is InChI=1S/C18H22P.ClHO4/c1-4-10-17(11-5-1)16-19(14-8-3-9-15-19)18-12-6-2-7-13-18;2-1(3,4)5/h1-2,4-7,10-13H,3,8-9,14-16H2;(H,2,3,4,5)/q+1;/p-1. The number of rotatable bonds is 3. The average molecular weight is 369 g/mol. The molecule has 130 valence electrons. The Labute approximate surface area is 145 Å². The summed E-state index contributed by atoms with van der Waals surface area (Å²) in [5.41, 5.74) is 1.53. The number of benzene rings is 2. The van der Waals surface area contributed by atoms with Crippen LogP contribution in [0.3, 0.4) is 0 Å². The van der Waals surface area contributed by atoms with Crippen LogP contribution in [0.4, 0.5) is 0 Å². The van der Waals surface area contributed by atoms with E-state index in [-0.39, 0.29) is 0 Å². The largest absolute Gasteiger partial charge is 0.222 e. The van der Waals surface area contributed by atoms with Gasteiger partial charge in [0.05, 0.1) is 31.1 Å². The van der Waals surface area contributed by atoms with E-state index in [1.165, 1.54) is 43.3 Å². The second kappa shape index (κ2) is 8.91. The second-order valence-electron chi connectivity index (χ2n) is 6.01. The van der Waals surface area contributed by atoms with Crippen LogP contribution in [-0.2, 0) is 6.16 Å². The molecule has 3 rings (SSSR count). The van der Waals surface area contributed by atoms with Crippen LogP contribution in [-0.4, -0.2) is 12.3 Å². The zero-order valence-corrected chi connectivity index (χ0v) is 15.1. The number of hydrogen-bond donors (Lipinski definition) is 0. The lowest BCUT2D eigenvalue weighted by Gasteiger charge is -2.31. The van der Waals surface area contributed by atoms with Crippen molar-refractivity contribution < 1.29 is 28.9 Å². The minimum absolute atomic E-state index is 0.965. The molecule has 1 saturated heterocycles. The topological polar surface area (TPSA) is 92.2 Å². The summed E-state index contributed by atoms with van der Waals surface area (Å²) in [6, 6.07) is 22.4. The molecule has 2 aromatic carbocycles. The van der Waals surface area contributed by atoms with Crippen molar-refractivity contribution in [3.05, 3.63) is 66.2 Å². The van der Waals surface area contributed by atoms with Crippen molar-refractivity contribution in [3.63, 3.8) is 0 Å². The Bertz CT molecular complexity index is 589. The Morgan fingerprint density at radius 3 is 1.67 bits per heavy atom. The van der Waals surface area contributed by atoms with Gasteiger partial charge in [0.25, 0.3) is 0 Å². The third kappa shape index (κ3) is 6.48. The van der Waals surface area contributed by atoms with Crippen LogP contribution in [0.2, 0.25) is 0 Å². The maximum atomic E-state index is 8.49. The summed E-state index contributed by atoms with van der Waals surface area (Å²) in [6.07, 6.45) is 8.49. The summed E-state index contributed by atoms with van der Waals surface area (Å²) in [4.78, 5) is 0. The van der Waals surface area contributed by atoms with Gasteiger partial charge >= 0.3 is 0 Å². The fraction of sp³-hybridized carbons (Fsp3) is 0.333. The summed E-state index contributed by atoms with van der Waals surface area (Å²) >= 11 is 0. The molecule has 1 fully saturated rings. The van der Waals surface area contributed by atoms with Crippen molar-refractivity contribution in [1.82, 2.24) is 0 Å². The molecule has 0 aromatic heterocycles. The SMILES string of the molecule is [O-][Cl+3]([O-])([O-])[O-].c1ccc(C[P+]2(c3ccccc3)CCCCC2)cc1. The normalized spacial score (nSPS) is 16.8. The molecule has 1 aliphatic rings. The molecule has 0 amide bonds. The molecule has 0 saturated carbocycles. The lowest BCUT2D eigenvalue weighted by Crippen LogP contribution is -2.68. The fourth-order valence-electron chi connectivity index (χ4n) is 3.30. The van der Waals surface area contributed by atoms with Crippen LogP contribution in [0.1, 0.15) is 24.8 Å². The molecule has 0 aliphatic carbocycles. The minimum Gasteiger partial charge on any atom is -0.222 e. The van der Waals surface area contributed by atoms with E-state index in [0.717, 1.165) is 0 Å². The Balaban J connectivity index is 0.000000368. The molecular formula is C18H22ClO4P. The van der Waals surface area contributed by atoms with Crippen LogP contribution < -0.4 is 23.9 Å². The van der Waals surface area contributed by atoms with Crippen molar-refractivity contribution in [1.29, 1.82) is 0 Å². The van der Waals surface area contributed by atoms with Crippen LogP contribution >= 0.6 is 7.26 Å². The van der Waals surface area contributed by atoms with E-state index in [4.69, 9.17) is 18.6 Å². The summed E-state index contributed by atoms with van der Waals surface area (Å²) < 4.78 is 34.0. The molecule has 0 atom stereocenters. The highest BCUT2D eigenvalue weighted by Crippen LogP contribution is 2.63. The maximum absolute atomic E-state index is 8.49. The van der Waals surface area contributed by atoms with E-state index < -0.39 is 17.5 Å². The van der Waals surface area contributed by atoms with E-state index in [9.17, 15) is 0 Å². The molecular weight excluding hydrogens is 347 g/mol. The Hall–Kier alpha value is -1.00. The van der Waals surface area contributed by atoms with Gasteiger partial charge in [-0.25, -0.2) is 18.6 Å². The van der Waals surface area contributed by atoms with Crippen LogP contribution in [0.25, 0.3) is 0 Å². The van der Waals surface area contributed by atoms with Crippen molar-refractivity contribution >= 4 is 12.6 Å². The lowest BCUT2D eigenvalue weighted by molar-refractivity contribution is -2.00. The highest BCUT2D eigenvalue weighted by atomic mass is 35.7. The molecule has 0 bridgehead atoms. The third-order valence-corrected chi connectivity index (χ3v) is 9.01. The summed E-state index contributed by atoms with van der Waals surface area (Å²) in [5.74, 6) is 0. The Morgan fingerprint density at radius 2 is 1.17 bits per heavy atom. The second-order valence-corrected chi connectivity index (χ2v) is 10.8. The first kappa shape index (κ1) is 19.3. The predicted molar refractivity (Wildman–Crippen MR) is 86.7 cm³/mol. The van der Waals surface area contributed by atoms with Gasteiger partial charge in [-0.05, 0) is 37.0 Å². The zero-order chi connectivity index (χ0) is 17.5. The Kier molecular flexibility index (Phi) is 7.17. The van der Waals surface area contributed by atoms with Crippen molar-refractivity contribution in [3.8, 4) is 0 Å². The van der Waals surface area contributed by atoms with E-state index in [2.05, 4.69) is 60.7 Å². The highest BCUT2D eigenvalue weighted by Gasteiger charge is 2.41. The minimum atomic E-state index is -4.94. The molecule has 0 spiro atoms. The van der Waals surface area contributed by atoms with Crippen LogP contribution in [0, 0.1) is 10.2 Å². The molecule has 0 N–H and O–H groups in total. The summed E-state index contributed by atoms with van der Waals surface area (Å²) in [6.45, 7) is 0. The van der Waals surface area contributed by atoms with Gasteiger partial charge in [-0.2, -0.15) is 0 Å². The molecule has 0 radical (unpaired) electrons. The molecule has 6 heteroatoms. The average Bonchev–Trinajstić information content (AvgIpc) is 2.56. The van der Waals surface area contributed by atoms with Crippen molar-refractivity contribution in [2.24, 2.45) is 0 Å². The van der Waals surface area contributed by atoms with Gasteiger partial charge in [-0.1, -0.05) is 48.5 Å². The van der Waals surface area contributed by atoms with Gasteiger partial charge in [0.15, 0.2) is 0 Å². The van der Waals surface area contributed by atoms with Crippen molar-refractivity contribution in [2.75, 3.05) is 12.3 Å². The van der Waals surface area contributed by atoms with Crippen LogP contribution in [0.5, 0.6) is 0 Å². The van der Waals surface area contributed by atoms with E-state index in [1.807, 2.05) is 0 Å². The van der Waals surface area contributed by atoms with Gasteiger partial charge in [-0.15, -0.1) is 10.2 Å². The van der Waals surface area contributed by atoms with E-state index in [0.29, 0.717) is 0 Å². The quantitative estimate of drug-likeness (QED) is 0.710. The monoisotopic (exact) mass is 368 g/mol. The Morgan fingerprint density at radius 1 is 0.708 bits per heavy atom. The highest BCUT2D eigenvalue weighted by molar-refractivity contribution is 7.82. The first-order valence-electron chi connectivity index (χ1n) is 7.96. The van der Waals surface area contributed by atoms with Crippen LogP contribution in [0.15, 0.2) is 60.7 Å². The predicted octanol–water partition coefficient (Wildman–Crippen LogP) is -0.0424.